The van der Waals surface area contributed by atoms with Crippen LogP contribution in [0.15, 0.2) is 24.3 Å². The van der Waals surface area contributed by atoms with Crippen molar-refractivity contribution < 1.29 is 4.39 Å². The smallest absolute Gasteiger partial charge is 0.127 e. The van der Waals surface area contributed by atoms with Crippen LogP contribution in [0, 0.1) is 5.82 Å². The Balaban J connectivity index is 2.12. The van der Waals surface area contributed by atoms with Crippen LogP contribution in [-0.2, 0) is 6.54 Å². The Morgan fingerprint density at radius 2 is 2.05 bits per heavy atom. The lowest BCUT2D eigenvalue weighted by Crippen LogP contribution is -2.52. The lowest BCUT2D eigenvalue weighted by molar-refractivity contribution is 0.0991. The number of hydrogen-bond acceptors (Lipinski definition) is 3. The molecule has 1 aliphatic heterocycles. The number of benzene rings is 1. The molecule has 3 nitrogen and oxygen atoms in total. The number of likely N-dealkylation sites (tertiary alicyclic amines) is 1. The predicted octanol–water partition coefficient (Wildman–Crippen LogP) is 2.07. The Hall–Kier alpha value is -0.970. The van der Waals surface area contributed by atoms with Crippen LogP contribution in [0.1, 0.15) is 24.8 Å². The van der Waals surface area contributed by atoms with E-state index in [1.165, 1.54) is 6.07 Å². The number of nitrogens with two attached hydrogens (primary N) is 1. The van der Waals surface area contributed by atoms with Gasteiger partial charge in [0.2, 0.25) is 0 Å². The molecule has 0 amide bonds. The molecule has 2 N–H and O–H groups in total. The highest BCUT2D eigenvalue weighted by atomic mass is 19.1. The van der Waals surface area contributed by atoms with Crippen LogP contribution < -0.4 is 5.73 Å². The van der Waals surface area contributed by atoms with Gasteiger partial charge in [0, 0.05) is 24.2 Å². The van der Waals surface area contributed by atoms with E-state index in [-0.39, 0.29) is 11.4 Å². The summed E-state index contributed by atoms with van der Waals surface area (Å²) < 4.78 is 13.8. The minimum Gasteiger partial charge on any atom is -0.329 e. The van der Waals surface area contributed by atoms with Gasteiger partial charge in [0.1, 0.15) is 5.82 Å². The average molecular weight is 279 g/mol. The fraction of sp³-hybridized carbons (Fsp3) is 0.625. The first-order chi connectivity index (χ1) is 9.57. The topological polar surface area (TPSA) is 32.5 Å². The molecule has 20 heavy (non-hydrogen) atoms. The standard InChI is InChI=1S/C16H26FN3/c1-19-10-5-8-16(13-18,9-11-19)20(2)12-14-6-3-4-7-15(14)17/h3-4,6-7H,5,8-13,18H2,1-2H3. The van der Waals surface area contributed by atoms with Crippen molar-refractivity contribution in [2.24, 2.45) is 5.73 Å². The normalized spacial score (nSPS) is 24.9. The van der Waals surface area contributed by atoms with E-state index < -0.39 is 0 Å². The van der Waals surface area contributed by atoms with Crippen molar-refractivity contribution in [1.29, 1.82) is 0 Å². The second-order valence-corrected chi connectivity index (χ2v) is 6.03. The first-order valence-corrected chi connectivity index (χ1v) is 7.41. The number of likely N-dealkylation sites (N-methyl/N-ethyl adjacent to an activating group) is 1. The van der Waals surface area contributed by atoms with Crippen molar-refractivity contribution in [1.82, 2.24) is 9.80 Å². The minimum atomic E-state index is -0.128. The van der Waals surface area contributed by atoms with Crippen molar-refractivity contribution >= 4 is 0 Å². The summed E-state index contributed by atoms with van der Waals surface area (Å²) in [6.07, 6.45) is 3.28. The van der Waals surface area contributed by atoms with E-state index >= 15 is 0 Å². The molecular weight excluding hydrogens is 253 g/mol. The van der Waals surface area contributed by atoms with Crippen LogP contribution in [0.3, 0.4) is 0 Å². The lowest BCUT2D eigenvalue weighted by atomic mass is 9.88. The zero-order valence-electron chi connectivity index (χ0n) is 12.6. The van der Waals surface area contributed by atoms with Gasteiger partial charge in [-0.25, -0.2) is 4.39 Å². The van der Waals surface area contributed by atoms with Crippen molar-refractivity contribution in [3.8, 4) is 0 Å². The summed E-state index contributed by atoms with van der Waals surface area (Å²) in [4.78, 5) is 4.61. The summed E-state index contributed by atoms with van der Waals surface area (Å²) in [5, 5.41) is 0. The summed E-state index contributed by atoms with van der Waals surface area (Å²) in [7, 11) is 4.23. The molecule has 0 saturated carbocycles. The Labute approximate surface area is 121 Å². The highest BCUT2D eigenvalue weighted by Crippen LogP contribution is 2.28. The van der Waals surface area contributed by atoms with Gasteiger partial charge in [-0.1, -0.05) is 18.2 Å². The monoisotopic (exact) mass is 279 g/mol. The van der Waals surface area contributed by atoms with Gasteiger partial charge < -0.3 is 10.6 Å². The van der Waals surface area contributed by atoms with Gasteiger partial charge >= 0.3 is 0 Å². The van der Waals surface area contributed by atoms with Crippen molar-refractivity contribution in [3.63, 3.8) is 0 Å². The molecule has 1 aromatic rings. The minimum absolute atomic E-state index is 0.00690. The quantitative estimate of drug-likeness (QED) is 0.916. The predicted molar refractivity (Wildman–Crippen MR) is 81.0 cm³/mol. The number of rotatable bonds is 4. The molecule has 1 saturated heterocycles. The molecule has 0 bridgehead atoms. The van der Waals surface area contributed by atoms with E-state index in [1.807, 2.05) is 12.1 Å². The molecule has 1 aliphatic rings. The van der Waals surface area contributed by atoms with Crippen molar-refractivity contribution in [3.05, 3.63) is 35.6 Å². The Morgan fingerprint density at radius 1 is 1.30 bits per heavy atom. The molecule has 0 aromatic heterocycles. The molecule has 1 fully saturated rings. The van der Waals surface area contributed by atoms with Crippen LogP contribution in [0.5, 0.6) is 0 Å². The van der Waals surface area contributed by atoms with E-state index in [1.54, 1.807) is 6.07 Å². The lowest BCUT2D eigenvalue weighted by Gasteiger charge is -2.41. The zero-order valence-corrected chi connectivity index (χ0v) is 12.6. The van der Waals surface area contributed by atoms with E-state index in [0.717, 1.165) is 37.9 Å². The molecule has 1 atom stereocenters. The van der Waals surface area contributed by atoms with Crippen LogP contribution in [-0.4, -0.2) is 49.1 Å². The SMILES string of the molecule is CN1CCCC(CN)(N(C)Cc2ccccc2F)CC1. The molecule has 1 aromatic carbocycles. The number of halogens is 1. The molecule has 1 heterocycles. The third-order valence-corrected chi connectivity index (χ3v) is 4.70. The largest absolute Gasteiger partial charge is 0.329 e. The van der Waals surface area contributed by atoms with Gasteiger partial charge in [0.15, 0.2) is 0 Å². The zero-order chi connectivity index (χ0) is 14.6. The molecule has 2 rings (SSSR count). The van der Waals surface area contributed by atoms with Crippen LogP contribution in [0.25, 0.3) is 0 Å². The van der Waals surface area contributed by atoms with Gasteiger partial charge in [-0.2, -0.15) is 0 Å². The fourth-order valence-corrected chi connectivity index (χ4v) is 3.11. The van der Waals surface area contributed by atoms with Crippen LogP contribution in [0.4, 0.5) is 4.39 Å². The van der Waals surface area contributed by atoms with Crippen LogP contribution >= 0.6 is 0 Å². The molecule has 0 aliphatic carbocycles. The third kappa shape index (κ3) is 3.37. The maximum atomic E-state index is 13.8. The van der Waals surface area contributed by atoms with Gasteiger partial charge in [0.25, 0.3) is 0 Å². The fourth-order valence-electron chi connectivity index (χ4n) is 3.11. The summed E-state index contributed by atoms with van der Waals surface area (Å²) in [6, 6.07) is 7.01. The summed E-state index contributed by atoms with van der Waals surface area (Å²) >= 11 is 0. The number of hydrogen-bond donors (Lipinski definition) is 1. The highest BCUT2D eigenvalue weighted by molar-refractivity contribution is 5.17. The van der Waals surface area contributed by atoms with Crippen LogP contribution in [0.2, 0.25) is 0 Å². The first kappa shape index (κ1) is 15.4. The molecule has 0 spiro atoms. The van der Waals surface area contributed by atoms with E-state index in [9.17, 15) is 4.39 Å². The van der Waals surface area contributed by atoms with E-state index in [0.29, 0.717) is 13.1 Å². The van der Waals surface area contributed by atoms with Gasteiger partial charge in [-0.3, -0.25) is 4.90 Å². The third-order valence-electron chi connectivity index (χ3n) is 4.70. The second-order valence-electron chi connectivity index (χ2n) is 6.03. The summed E-state index contributed by atoms with van der Waals surface area (Å²) in [6.45, 7) is 3.42. The van der Waals surface area contributed by atoms with E-state index in [4.69, 9.17) is 5.73 Å². The first-order valence-electron chi connectivity index (χ1n) is 7.41. The van der Waals surface area contributed by atoms with Gasteiger partial charge in [-0.15, -0.1) is 0 Å². The Kier molecular flexibility index (Phi) is 5.13. The highest BCUT2D eigenvalue weighted by Gasteiger charge is 2.34. The summed E-state index contributed by atoms with van der Waals surface area (Å²) in [5.41, 5.74) is 6.84. The maximum absolute atomic E-state index is 13.8. The second kappa shape index (κ2) is 6.66. The Bertz CT molecular complexity index is 437. The molecule has 1 unspecified atom stereocenters. The van der Waals surface area contributed by atoms with Gasteiger partial charge in [0.05, 0.1) is 0 Å². The van der Waals surface area contributed by atoms with Crippen molar-refractivity contribution in [2.45, 2.75) is 31.3 Å². The molecular formula is C16H26FN3. The van der Waals surface area contributed by atoms with E-state index in [2.05, 4.69) is 23.9 Å². The molecule has 0 radical (unpaired) electrons. The Morgan fingerprint density at radius 3 is 2.75 bits per heavy atom. The number of nitrogens with zero attached hydrogens (tertiary/aromatic N) is 2. The molecule has 4 heteroatoms. The molecule has 112 valence electrons. The average Bonchev–Trinajstić information content (AvgIpc) is 2.64. The maximum Gasteiger partial charge on any atom is 0.127 e. The van der Waals surface area contributed by atoms with Crippen molar-refractivity contribution in [2.75, 3.05) is 33.7 Å². The summed E-state index contributed by atoms with van der Waals surface area (Å²) in [5.74, 6) is -0.128. The van der Waals surface area contributed by atoms with Gasteiger partial charge in [-0.05, 0) is 52.5 Å².